The summed E-state index contributed by atoms with van der Waals surface area (Å²) in [5.74, 6) is -0.0408. The van der Waals surface area contributed by atoms with Crippen LogP contribution in [0.5, 0.6) is 0 Å². The molecule has 0 aliphatic rings. The average molecular weight is 300 g/mol. The molecule has 0 N–H and O–H groups in total. The Morgan fingerprint density at radius 1 is 1.11 bits per heavy atom. The highest BCUT2D eigenvalue weighted by molar-refractivity contribution is 6.37. The van der Waals surface area contributed by atoms with E-state index in [1.54, 1.807) is 29.2 Å². The van der Waals surface area contributed by atoms with Crippen LogP contribution in [0.15, 0.2) is 24.3 Å². The molecule has 1 aromatic rings. The van der Waals surface area contributed by atoms with Crippen molar-refractivity contribution in [1.29, 1.82) is 0 Å². The van der Waals surface area contributed by atoms with Gasteiger partial charge in [-0.05, 0) is 45.9 Å². The summed E-state index contributed by atoms with van der Waals surface area (Å²) in [5.41, 5.74) is 0.673. The third kappa shape index (κ3) is 4.26. The van der Waals surface area contributed by atoms with E-state index in [4.69, 9.17) is 23.2 Å². The van der Waals surface area contributed by atoms with Crippen LogP contribution < -0.4 is 0 Å². The summed E-state index contributed by atoms with van der Waals surface area (Å²) in [4.78, 5) is 14.0. The summed E-state index contributed by atoms with van der Waals surface area (Å²) in [6, 6.07) is 5.58. The Morgan fingerprint density at radius 2 is 1.58 bits per heavy atom. The zero-order chi connectivity index (χ0) is 14.6. The fourth-order valence-electron chi connectivity index (χ4n) is 2.02. The molecular weight excluding hydrogens is 281 g/mol. The maximum absolute atomic E-state index is 12.2. The Labute approximate surface area is 125 Å². The van der Waals surface area contributed by atoms with Crippen molar-refractivity contribution < 1.29 is 4.79 Å². The van der Waals surface area contributed by atoms with Crippen LogP contribution in [-0.2, 0) is 4.79 Å². The first kappa shape index (κ1) is 16.1. The molecule has 0 fully saturated rings. The van der Waals surface area contributed by atoms with E-state index in [0.717, 1.165) is 0 Å². The van der Waals surface area contributed by atoms with Gasteiger partial charge in [-0.1, -0.05) is 29.3 Å². The lowest BCUT2D eigenvalue weighted by atomic mass is 10.2. The molecule has 19 heavy (non-hydrogen) atoms. The van der Waals surface area contributed by atoms with Crippen molar-refractivity contribution in [2.75, 3.05) is 0 Å². The molecule has 0 aliphatic carbocycles. The summed E-state index contributed by atoms with van der Waals surface area (Å²) < 4.78 is 0. The molecule has 0 saturated carbocycles. The molecule has 1 amide bonds. The van der Waals surface area contributed by atoms with Crippen LogP contribution in [0.4, 0.5) is 0 Å². The maximum Gasteiger partial charge on any atom is 0.247 e. The van der Waals surface area contributed by atoms with E-state index in [-0.39, 0.29) is 18.0 Å². The zero-order valence-electron chi connectivity index (χ0n) is 11.7. The van der Waals surface area contributed by atoms with E-state index in [9.17, 15) is 4.79 Å². The van der Waals surface area contributed by atoms with Crippen molar-refractivity contribution in [3.63, 3.8) is 0 Å². The van der Waals surface area contributed by atoms with Gasteiger partial charge in [0.05, 0.1) is 0 Å². The fourth-order valence-corrected chi connectivity index (χ4v) is 2.54. The highest BCUT2D eigenvalue weighted by Crippen LogP contribution is 2.25. The highest BCUT2D eigenvalue weighted by atomic mass is 35.5. The summed E-state index contributed by atoms with van der Waals surface area (Å²) in [7, 11) is 0. The number of halogens is 2. The Hall–Kier alpha value is -0.990. The fraction of sp³-hybridized carbons (Fsp3) is 0.400. The summed E-state index contributed by atoms with van der Waals surface area (Å²) >= 11 is 12.1. The molecule has 104 valence electrons. The number of hydrogen-bond donors (Lipinski definition) is 0. The molecular formula is C15H19Cl2NO. The first-order chi connectivity index (χ1) is 8.84. The molecule has 4 heteroatoms. The van der Waals surface area contributed by atoms with Crippen LogP contribution in [-0.4, -0.2) is 22.9 Å². The first-order valence-electron chi connectivity index (χ1n) is 6.29. The second-order valence-electron chi connectivity index (χ2n) is 4.90. The molecule has 0 atom stereocenters. The van der Waals surface area contributed by atoms with E-state index in [0.29, 0.717) is 15.6 Å². The largest absolute Gasteiger partial charge is 0.334 e. The van der Waals surface area contributed by atoms with E-state index in [1.807, 2.05) is 27.7 Å². The summed E-state index contributed by atoms with van der Waals surface area (Å²) in [6.07, 6.45) is 3.19. The topological polar surface area (TPSA) is 20.3 Å². The SMILES string of the molecule is CC(C)N(C(=O)/C=C/c1c(Cl)cccc1Cl)C(C)C. The number of benzene rings is 1. The second kappa shape index (κ2) is 6.97. The van der Waals surface area contributed by atoms with Gasteiger partial charge in [-0.3, -0.25) is 4.79 Å². The van der Waals surface area contributed by atoms with Gasteiger partial charge >= 0.3 is 0 Å². The van der Waals surface area contributed by atoms with E-state index in [1.165, 1.54) is 6.08 Å². The normalized spacial score (nSPS) is 11.6. The van der Waals surface area contributed by atoms with Gasteiger partial charge in [0, 0.05) is 33.8 Å². The quantitative estimate of drug-likeness (QED) is 0.741. The van der Waals surface area contributed by atoms with Crippen molar-refractivity contribution in [3.05, 3.63) is 39.9 Å². The lowest BCUT2D eigenvalue weighted by molar-refractivity contribution is -0.129. The van der Waals surface area contributed by atoms with Crippen molar-refractivity contribution in [1.82, 2.24) is 4.90 Å². The zero-order valence-corrected chi connectivity index (χ0v) is 13.2. The van der Waals surface area contributed by atoms with Gasteiger partial charge < -0.3 is 4.90 Å². The summed E-state index contributed by atoms with van der Waals surface area (Å²) in [5, 5.41) is 1.08. The third-order valence-electron chi connectivity index (χ3n) is 2.76. The minimum absolute atomic E-state index is 0.0408. The number of nitrogens with zero attached hydrogens (tertiary/aromatic N) is 1. The van der Waals surface area contributed by atoms with Gasteiger partial charge in [-0.15, -0.1) is 0 Å². The predicted molar refractivity (Wildman–Crippen MR) is 82.6 cm³/mol. The second-order valence-corrected chi connectivity index (χ2v) is 5.72. The molecule has 0 aromatic heterocycles. The Balaban J connectivity index is 2.95. The van der Waals surface area contributed by atoms with E-state index >= 15 is 0 Å². The lowest BCUT2D eigenvalue weighted by Gasteiger charge is -2.29. The molecule has 0 unspecified atom stereocenters. The van der Waals surface area contributed by atoms with E-state index in [2.05, 4.69) is 0 Å². The standard InChI is InChI=1S/C15H19Cl2NO/c1-10(2)18(11(3)4)15(19)9-8-12-13(16)6-5-7-14(12)17/h5-11H,1-4H3/b9-8+. The Bertz CT molecular complexity index is 453. The molecule has 1 rings (SSSR count). The number of amides is 1. The highest BCUT2D eigenvalue weighted by Gasteiger charge is 2.17. The predicted octanol–water partition coefficient (Wildman–Crippen LogP) is 4.65. The van der Waals surface area contributed by atoms with Gasteiger partial charge in [0.2, 0.25) is 5.91 Å². The van der Waals surface area contributed by atoms with Crippen LogP contribution in [0.1, 0.15) is 33.3 Å². The monoisotopic (exact) mass is 299 g/mol. The Morgan fingerprint density at radius 3 is 2.00 bits per heavy atom. The maximum atomic E-state index is 12.2. The summed E-state index contributed by atoms with van der Waals surface area (Å²) in [6.45, 7) is 7.98. The van der Waals surface area contributed by atoms with Crippen LogP contribution in [0, 0.1) is 0 Å². The van der Waals surface area contributed by atoms with Gasteiger partial charge in [-0.25, -0.2) is 0 Å². The van der Waals surface area contributed by atoms with Gasteiger partial charge in [0.25, 0.3) is 0 Å². The molecule has 0 bridgehead atoms. The molecule has 0 heterocycles. The van der Waals surface area contributed by atoms with Crippen LogP contribution >= 0.6 is 23.2 Å². The van der Waals surface area contributed by atoms with Crippen molar-refractivity contribution in [2.24, 2.45) is 0 Å². The van der Waals surface area contributed by atoms with Gasteiger partial charge in [0.1, 0.15) is 0 Å². The number of hydrogen-bond acceptors (Lipinski definition) is 1. The first-order valence-corrected chi connectivity index (χ1v) is 7.04. The van der Waals surface area contributed by atoms with Crippen LogP contribution in [0.2, 0.25) is 10.0 Å². The smallest absolute Gasteiger partial charge is 0.247 e. The average Bonchev–Trinajstić information content (AvgIpc) is 2.27. The lowest BCUT2D eigenvalue weighted by Crippen LogP contribution is -2.41. The Kier molecular flexibility index (Phi) is 5.89. The molecule has 0 radical (unpaired) electrons. The van der Waals surface area contributed by atoms with E-state index < -0.39 is 0 Å². The number of carbonyl (C=O) groups excluding carboxylic acids is 1. The van der Waals surface area contributed by atoms with Crippen LogP contribution in [0.3, 0.4) is 0 Å². The molecule has 0 aliphatic heterocycles. The van der Waals surface area contributed by atoms with Crippen molar-refractivity contribution >= 4 is 35.2 Å². The molecule has 0 saturated heterocycles. The van der Waals surface area contributed by atoms with Crippen molar-refractivity contribution in [2.45, 2.75) is 39.8 Å². The minimum atomic E-state index is -0.0408. The van der Waals surface area contributed by atoms with Crippen molar-refractivity contribution in [3.8, 4) is 0 Å². The molecule has 1 aromatic carbocycles. The molecule has 0 spiro atoms. The van der Waals surface area contributed by atoms with Gasteiger partial charge in [-0.2, -0.15) is 0 Å². The minimum Gasteiger partial charge on any atom is -0.334 e. The van der Waals surface area contributed by atoms with Crippen LogP contribution in [0.25, 0.3) is 6.08 Å². The molecule has 2 nitrogen and oxygen atoms in total. The number of rotatable bonds is 4. The third-order valence-corrected chi connectivity index (χ3v) is 3.42. The number of carbonyl (C=O) groups is 1. The van der Waals surface area contributed by atoms with Gasteiger partial charge in [0.15, 0.2) is 0 Å².